The van der Waals surface area contributed by atoms with Crippen LogP contribution in [0.3, 0.4) is 0 Å². The summed E-state index contributed by atoms with van der Waals surface area (Å²) in [5.74, 6) is 3.77. The first-order valence-electron chi connectivity index (χ1n) is 4.80. The molecule has 0 amide bonds. The van der Waals surface area contributed by atoms with Crippen molar-refractivity contribution in [2.24, 2.45) is 23.7 Å². The maximum Gasteiger partial charge on any atom is -0.0134 e. The molecule has 11 heavy (non-hydrogen) atoms. The maximum atomic E-state index is 2.47. The van der Waals surface area contributed by atoms with Gasteiger partial charge in [0, 0.05) is 0 Å². The highest BCUT2D eigenvalue weighted by Gasteiger charge is 2.40. The molecule has 0 heteroatoms. The smallest absolute Gasteiger partial charge is 0.0134 e. The Labute approximate surface area is 68.0 Å². The van der Waals surface area contributed by atoms with Crippen molar-refractivity contribution < 1.29 is 0 Å². The number of rotatable bonds is 0. The van der Waals surface area contributed by atoms with Crippen LogP contribution >= 0.6 is 0 Å². The van der Waals surface area contributed by atoms with Crippen molar-refractivity contribution in [1.82, 2.24) is 0 Å². The fraction of sp³-hybridized carbons (Fsp3) is 0.636. The largest absolute Gasteiger partial charge is 0.0879 e. The number of hydrogen-bond donors (Lipinski definition) is 0. The molecule has 0 aromatic carbocycles. The van der Waals surface area contributed by atoms with Gasteiger partial charge in [0.25, 0.3) is 0 Å². The second kappa shape index (κ2) is 2.00. The van der Waals surface area contributed by atoms with Gasteiger partial charge >= 0.3 is 0 Å². The van der Waals surface area contributed by atoms with Gasteiger partial charge in [-0.15, -0.1) is 0 Å². The summed E-state index contributed by atoms with van der Waals surface area (Å²) < 4.78 is 0. The van der Waals surface area contributed by atoms with Crippen molar-refractivity contribution in [2.45, 2.75) is 19.3 Å². The predicted molar refractivity (Wildman–Crippen MR) is 46.1 cm³/mol. The topological polar surface area (TPSA) is 0 Å². The van der Waals surface area contributed by atoms with E-state index >= 15 is 0 Å². The van der Waals surface area contributed by atoms with Gasteiger partial charge in [-0.3, -0.25) is 0 Å². The molecule has 1 saturated carbocycles. The van der Waals surface area contributed by atoms with Crippen LogP contribution in [0.4, 0.5) is 0 Å². The van der Waals surface area contributed by atoms with E-state index in [9.17, 15) is 0 Å². The summed E-state index contributed by atoms with van der Waals surface area (Å²) in [6.45, 7) is 0. The van der Waals surface area contributed by atoms with Crippen LogP contribution in [0.15, 0.2) is 24.3 Å². The van der Waals surface area contributed by atoms with Crippen molar-refractivity contribution in [3.8, 4) is 0 Å². The van der Waals surface area contributed by atoms with Crippen LogP contribution in [0, 0.1) is 23.7 Å². The lowest BCUT2D eigenvalue weighted by atomic mass is 9.64. The summed E-state index contributed by atoms with van der Waals surface area (Å²) in [6, 6.07) is 0. The zero-order chi connectivity index (χ0) is 7.26. The van der Waals surface area contributed by atoms with E-state index in [-0.39, 0.29) is 0 Å². The summed E-state index contributed by atoms with van der Waals surface area (Å²) >= 11 is 0. The van der Waals surface area contributed by atoms with E-state index in [1.54, 1.807) is 0 Å². The molecule has 0 aromatic rings. The highest BCUT2D eigenvalue weighted by atomic mass is 14.4. The Kier molecular flexibility index (Phi) is 1.10. The Morgan fingerprint density at radius 1 is 0.909 bits per heavy atom. The summed E-state index contributed by atoms with van der Waals surface area (Å²) in [7, 11) is 0. The van der Waals surface area contributed by atoms with Crippen LogP contribution < -0.4 is 0 Å². The van der Waals surface area contributed by atoms with Crippen LogP contribution in [0.25, 0.3) is 0 Å². The van der Waals surface area contributed by atoms with Gasteiger partial charge in [-0.25, -0.2) is 0 Å². The van der Waals surface area contributed by atoms with Gasteiger partial charge in [0.15, 0.2) is 0 Å². The van der Waals surface area contributed by atoms with Crippen LogP contribution in [0.5, 0.6) is 0 Å². The van der Waals surface area contributed by atoms with Crippen molar-refractivity contribution >= 4 is 0 Å². The molecule has 0 saturated heterocycles. The van der Waals surface area contributed by atoms with E-state index in [0.717, 1.165) is 23.7 Å². The normalized spacial score (nSPS) is 51.6. The average molecular weight is 146 g/mol. The van der Waals surface area contributed by atoms with Crippen molar-refractivity contribution in [3.63, 3.8) is 0 Å². The van der Waals surface area contributed by atoms with Gasteiger partial charge < -0.3 is 0 Å². The van der Waals surface area contributed by atoms with E-state index in [4.69, 9.17) is 0 Å². The minimum atomic E-state index is 0.906. The molecule has 0 heterocycles. The second-order valence-corrected chi connectivity index (χ2v) is 4.20. The molecule has 0 nitrogen and oxygen atoms in total. The quantitative estimate of drug-likeness (QED) is 0.461. The summed E-state index contributed by atoms with van der Waals surface area (Å²) in [5, 5.41) is 0. The number of hydrogen-bond acceptors (Lipinski definition) is 0. The molecule has 0 aliphatic heterocycles. The average Bonchev–Trinajstić information content (AvgIpc) is 2.55. The third-order valence-corrected chi connectivity index (χ3v) is 3.74. The molecule has 58 valence electrons. The van der Waals surface area contributed by atoms with Gasteiger partial charge in [-0.05, 0) is 42.9 Å². The van der Waals surface area contributed by atoms with Crippen LogP contribution in [-0.4, -0.2) is 0 Å². The lowest BCUT2D eigenvalue weighted by molar-refractivity contribution is 0.173. The Morgan fingerprint density at radius 2 is 1.73 bits per heavy atom. The van der Waals surface area contributed by atoms with Crippen LogP contribution in [0.2, 0.25) is 0 Å². The molecule has 4 atom stereocenters. The lowest BCUT2D eigenvalue weighted by Crippen LogP contribution is -2.33. The van der Waals surface area contributed by atoms with Crippen LogP contribution in [-0.2, 0) is 0 Å². The summed E-state index contributed by atoms with van der Waals surface area (Å²) in [4.78, 5) is 0. The fourth-order valence-corrected chi connectivity index (χ4v) is 3.15. The Morgan fingerprint density at radius 3 is 2.45 bits per heavy atom. The van der Waals surface area contributed by atoms with E-state index < -0.39 is 0 Å². The molecular weight excluding hydrogens is 132 g/mol. The van der Waals surface area contributed by atoms with Gasteiger partial charge in [0.1, 0.15) is 0 Å². The first-order valence-corrected chi connectivity index (χ1v) is 4.80. The first kappa shape index (κ1) is 6.05. The SMILES string of the molecule is C1=C[C@@H]2[C@H](C1)[C@@H]1C=C[C@@H]2CC1. The predicted octanol–water partition coefficient (Wildman–Crippen LogP) is 2.77. The third kappa shape index (κ3) is 0.702. The molecule has 0 unspecified atom stereocenters. The molecule has 4 rings (SSSR count). The summed E-state index contributed by atoms with van der Waals surface area (Å²) in [5.41, 5.74) is 0. The van der Waals surface area contributed by atoms with Gasteiger partial charge in [0.2, 0.25) is 0 Å². The van der Waals surface area contributed by atoms with Crippen molar-refractivity contribution in [2.75, 3.05) is 0 Å². The number of fused-ring (bicyclic) bond motifs is 1. The molecule has 2 bridgehead atoms. The third-order valence-electron chi connectivity index (χ3n) is 3.74. The first-order chi connectivity index (χ1) is 5.45. The van der Waals surface area contributed by atoms with Crippen molar-refractivity contribution in [3.05, 3.63) is 24.3 Å². The highest BCUT2D eigenvalue weighted by molar-refractivity contribution is 5.18. The summed E-state index contributed by atoms with van der Waals surface area (Å²) in [6.07, 6.45) is 14.1. The van der Waals surface area contributed by atoms with E-state index in [1.165, 1.54) is 19.3 Å². The maximum absolute atomic E-state index is 2.47. The Balaban J connectivity index is 2.01. The fourth-order valence-electron chi connectivity index (χ4n) is 3.15. The molecule has 4 aliphatic rings. The second-order valence-electron chi connectivity index (χ2n) is 4.20. The van der Waals surface area contributed by atoms with Crippen LogP contribution in [0.1, 0.15) is 19.3 Å². The molecule has 0 radical (unpaired) electrons. The zero-order valence-electron chi connectivity index (χ0n) is 6.74. The molecule has 0 N–H and O–H groups in total. The minimum Gasteiger partial charge on any atom is -0.0879 e. The molecule has 1 fully saturated rings. The molecule has 0 spiro atoms. The zero-order valence-corrected chi connectivity index (χ0v) is 6.74. The van der Waals surface area contributed by atoms with Gasteiger partial charge in [-0.1, -0.05) is 24.3 Å². The standard InChI is InChI=1S/C11H14/c1-2-10-8-4-6-9(7-5-8)11(10)3-1/h1-2,4,6,8-11H,3,5,7H2/t8-,9-,10+,11-/m1/s1. The minimum absolute atomic E-state index is 0.906. The Bertz CT molecular complexity index is 224. The molecule has 4 aliphatic carbocycles. The highest BCUT2D eigenvalue weighted by Crippen LogP contribution is 2.49. The van der Waals surface area contributed by atoms with E-state index in [1.807, 2.05) is 0 Å². The van der Waals surface area contributed by atoms with Gasteiger partial charge in [-0.2, -0.15) is 0 Å². The van der Waals surface area contributed by atoms with E-state index in [2.05, 4.69) is 24.3 Å². The van der Waals surface area contributed by atoms with Gasteiger partial charge in [0.05, 0.1) is 0 Å². The monoisotopic (exact) mass is 146 g/mol. The molecule has 0 aromatic heterocycles. The van der Waals surface area contributed by atoms with Crippen molar-refractivity contribution in [1.29, 1.82) is 0 Å². The van der Waals surface area contributed by atoms with E-state index in [0.29, 0.717) is 0 Å². The Hall–Kier alpha value is -0.520. The number of allylic oxidation sites excluding steroid dienone is 4. The molecular formula is C11H14. The lowest BCUT2D eigenvalue weighted by Gasteiger charge is -2.41.